The maximum absolute atomic E-state index is 10.1. The molecule has 0 saturated heterocycles. The van der Waals surface area contributed by atoms with Crippen LogP contribution in [0.25, 0.3) is 0 Å². The Morgan fingerprint density at radius 1 is 1.00 bits per heavy atom. The number of hydrogen-bond donors (Lipinski definition) is 1. The third-order valence-electron chi connectivity index (χ3n) is 1.25. The summed E-state index contributed by atoms with van der Waals surface area (Å²) in [7, 11) is 0. The van der Waals surface area contributed by atoms with Gasteiger partial charge < -0.3 is 40.3 Å². The van der Waals surface area contributed by atoms with Crippen LogP contribution < -0.4 is 15.3 Å². The normalized spacial score (nSPS) is 9.40. The molecule has 0 aromatic heterocycles. The Hall–Kier alpha value is -0.787. The molecule has 0 atom stereocenters. The van der Waals surface area contributed by atoms with Gasteiger partial charge in [-0.05, 0) is 0 Å². The molecule has 0 amide bonds. The minimum atomic E-state index is -2.97. The molecule has 0 aliphatic carbocycles. The summed E-state index contributed by atoms with van der Waals surface area (Å²) in [6.07, 6.45) is -2.72. The molecule has 0 aromatic carbocycles. The van der Waals surface area contributed by atoms with Gasteiger partial charge >= 0.3 is 26.2 Å². The van der Waals surface area contributed by atoms with Gasteiger partial charge in [0.1, 0.15) is 5.60 Å². The fraction of sp³-hybridized carbons (Fsp3) is 0.500. The zero-order valence-corrected chi connectivity index (χ0v) is 10.7. The fourth-order valence-corrected chi connectivity index (χ4v) is 0.684. The molecule has 0 aliphatic heterocycles. The average Bonchev–Trinajstić information content (AvgIpc) is 1.82. The number of carbonyl (C=O) groups excluding carboxylic acids is 3. The molecule has 9 heteroatoms. The Morgan fingerprint density at radius 2 is 1.27 bits per heavy atom. The number of aliphatic hydroxyl groups is 1. The van der Waals surface area contributed by atoms with Crippen LogP contribution in [-0.2, 0) is 14.4 Å². The van der Waals surface area contributed by atoms with E-state index in [0.717, 1.165) is 0 Å². The van der Waals surface area contributed by atoms with E-state index in [1.807, 2.05) is 0 Å². The van der Waals surface area contributed by atoms with Crippen LogP contribution in [0.5, 0.6) is 0 Å². The van der Waals surface area contributed by atoms with Gasteiger partial charge in [-0.2, -0.15) is 0 Å². The van der Waals surface area contributed by atoms with Crippen molar-refractivity contribution in [2.75, 3.05) is 0 Å². The first-order chi connectivity index (χ1) is 5.78. The molecule has 0 rings (SSSR count). The molecule has 0 saturated carbocycles. The monoisotopic (exact) mass is 415 g/mol. The van der Waals surface area contributed by atoms with Crippen LogP contribution in [0.3, 0.4) is 0 Å². The van der Waals surface area contributed by atoms with Crippen LogP contribution in [0.4, 0.5) is 0 Å². The molecule has 0 heterocycles. The minimum absolute atomic E-state index is 0. The maximum Gasteiger partial charge on any atom is 4.00 e. The summed E-state index contributed by atoms with van der Waals surface area (Å²) < 4.78 is 0. The standard InChI is InChI=1S/C6H8O7.Bi.H2O/c7-3(8)1-6(13,5(11)12)2-4(9)10;;/h13H,1-2H2,(H,7,8)(H,9,10)(H,11,12);;1H2/q;+4;/p-4. The summed E-state index contributed by atoms with van der Waals surface area (Å²) in [5, 5.41) is 38.9. The summed E-state index contributed by atoms with van der Waals surface area (Å²) in [4.78, 5) is 30.0. The second kappa shape index (κ2) is 7.50. The van der Waals surface area contributed by atoms with Gasteiger partial charge in [0.05, 0.1) is 5.97 Å². The van der Waals surface area contributed by atoms with Gasteiger partial charge in [0, 0.05) is 24.8 Å². The van der Waals surface area contributed by atoms with Crippen molar-refractivity contribution in [3.05, 3.63) is 0 Å². The second-order valence-corrected chi connectivity index (χ2v) is 2.42. The van der Waals surface area contributed by atoms with Gasteiger partial charge in [-0.15, -0.1) is 0 Å². The van der Waals surface area contributed by atoms with Gasteiger partial charge in [-0.3, -0.25) is 0 Å². The fourth-order valence-electron chi connectivity index (χ4n) is 0.684. The van der Waals surface area contributed by atoms with Crippen molar-refractivity contribution < 1.29 is 40.3 Å². The first-order valence-electron chi connectivity index (χ1n) is 3.11. The van der Waals surface area contributed by atoms with Crippen molar-refractivity contribution >= 4 is 44.1 Å². The van der Waals surface area contributed by atoms with Crippen molar-refractivity contribution in [1.29, 1.82) is 0 Å². The molecule has 2 N–H and O–H groups in total. The molecule has 0 aromatic rings. The van der Waals surface area contributed by atoms with Gasteiger partial charge in [0.2, 0.25) is 0 Å². The topological polar surface area (TPSA) is 171 Å². The third-order valence-corrected chi connectivity index (χ3v) is 1.25. The van der Waals surface area contributed by atoms with E-state index in [4.69, 9.17) is 5.11 Å². The maximum atomic E-state index is 10.1. The van der Waals surface area contributed by atoms with E-state index in [9.17, 15) is 29.7 Å². The SMILES string of the molecule is O=C([O-])CC(O)(CC(=O)[O-])C(=O)[O-].[Bi+4].[OH-]. The summed E-state index contributed by atoms with van der Waals surface area (Å²) in [5.74, 6) is -5.98. The van der Waals surface area contributed by atoms with Crippen molar-refractivity contribution in [1.82, 2.24) is 0 Å². The number of carboxylic acids is 3. The van der Waals surface area contributed by atoms with Crippen molar-refractivity contribution in [3.8, 4) is 0 Å². The van der Waals surface area contributed by atoms with Crippen LogP contribution in [-0.4, -0.2) is 60.3 Å². The molecule has 83 valence electrons. The largest absolute Gasteiger partial charge is 4.00 e. The van der Waals surface area contributed by atoms with E-state index in [0.29, 0.717) is 0 Å². The Labute approximate surface area is 103 Å². The molecular formula is C6H6BiO8. The Kier molecular flexibility index (Phi) is 9.86. The van der Waals surface area contributed by atoms with Crippen LogP contribution >= 0.6 is 0 Å². The first-order valence-corrected chi connectivity index (χ1v) is 3.11. The van der Waals surface area contributed by atoms with Gasteiger partial charge in [-0.1, -0.05) is 0 Å². The number of hydrogen-bond acceptors (Lipinski definition) is 8. The van der Waals surface area contributed by atoms with E-state index >= 15 is 0 Å². The predicted molar refractivity (Wildman–Crippen MR) is 36.9 cm³/mol. The Bertz CT molecular complexity index is 234. The van der Waals surface area contributed by atoms with E-state index < -0.39 is 36.4 Å². The molecular weight excluding hydrogens is 409 g/mol. The van der Waals surface area contributed by atoms with Crippen molar-refractivity contribution in [2.45, 2.75) is 18.4 Å². The summed E-state index contributed by atoms with van der Waals surface area (Å²) >= 11 is 0. The average molecular weight is 415 g/mol. The Balaban J connectivity index is -0.000000720. The zero-order valence-electron chi connectivity index (χ0n) is 7.21. The smallest absolute Gasteiger partial charge is 0.870 e. The quantitative estimate of drug-likeness (QED) is 0.433. The van der Waals surface area contributed by atoms with Crippen LogP contribution in [0.15, 0.2) is 0 Å². The van der Waals surface area contributed by atoms with E-state index in [1.54, 1.807) is 0 Å². The number of carbonyl (C=O) groups is 3. The van der Waals surface area contributed by atoms with E-state index in [-0.39, 0.29) is 31.7 Å². The number of rotatable bonds is 5. The number of carboxylic acid groups (broad SMARTS) is 3. The van der Waals surface area contributed by atoms with Crippen LogP contribution in [0, 0.1) is 0 Å². The zero-order chi connectivity index (χ0) is 10.6. The van der Waals surface area contributed by atoms with Crippen molar-refractivity contribution in [3.63, 3.8) is 0 Å². The molecule has 8 nitrogen and oxygen atoms in total. The molecule has 0 spiro atoms. The van der Waals surface area contributed by atoms with Gasteiger partial charge in [0.15, 0.2) is 0 Å². The second-order valence-electron chi connectivity index (χ2n) is 2.42. The third kappa shape index (κ3) is 7.18. The Morgan fingerprint density at radius 3 is 1.40 bits per heavy atom. The molecule has 0 fully saturated rings. The molecule has 15 heavy (non-hydrogen) atoms. The molecule has 0 bridgehead atoms. The van der Waals surface area contributed by atoms with Gasteiger partial charge in [-0.25, -0.2) is 0 Å². The first kappa shape index (κ1) is 19.7. The predicted octanol–water partition coefficient (Wildman–Crippen LogP) is -5.81. The minimum Gasteiger partial charge on any atom is -0.870 e. The number of aliphatic carboxylic acids is 3. The van der Waals surface area contributed by atoms with Gasteiger partial charge in [0.25, 0.3) is 0 Å². The van der Waals surface area contributed by atoms with E-state index in [1.165, 1.54) is 0 Å². The van der Waals surface area contributed by atoms with E-state index in [2.05, 4.69) is 0 Å². The molecule has 0 aliphatic rings. The molecule has 1 radical (unpaired) electrons. The summed E-state index contributed by atoms with van der Waals surface area (Å²) in [5.41, 5.74) is -2.97. The van der Waals surface area contributed by atoms with Crippen LogP contribution in [0.1, 0.15) is 12.8 Å². The van der Waals surface area contributed by atoms with Crippen LogP contribution in [0.2, 0.25) is 0 Å². The summed E-state index contributed by atoms with van der Waals surface area (Å²) in [6, 6.07) is 0. The van der Waals surface area contributed by atoms with Crippen molar-refractivity contribution in [2.24, 2.45) is 0 Å². The molecule has 0 unspecified atom stereocenters. The summed E-state index contributed by atoms with van der Waals surface area (Å²) in [6.45, 7) is 0.